The van der Waals surface area contributed by atoms with E-state index in [0.29, 0.717) is 46.3 Å². The van der Waals surface area contributed by atoms with Gasteiger partial charge in [0.15, 0.2) is 5.82 Å². The first kappa shape index (κ1) is 21.7. The Morgan fingerprint density at radius 1 is 1.12 bits per heavy atom. The fraction of sp³-hybridized carbons (Fsp3) is 0.227. The lowest BCUT2D eigenvalue weighted by Crippen LogP contribution is -2.13. The van der Waals surface area contributed by atoms with Crippen LogP contribution in [0, 0.1) is 19.7 Å². The number of thioether (sulfide) groups is 1. The minimum absolute atomic E-state index is 0.162. The van der Waals surface area contributed by atoms with Crippen LogP contribution in [-0.2, 0) is 17.0 Å². The monoisotopic (exact) mass is 453 g/mol. The summed E-state index contributed by atoms with van der Waals surface area (Å²) in [5.74, 6) is 1.10. The molecule has 0 spiro atoms. The Hall–Kier alpha value is -3.53. The van der Waals surface area contributed by atoms with Crippen molar-refractivity contribution in [1.82, 2.24) is 20.3 Å². The molecule has 0 unspecified atom stereocenters. The van der Waals surface area contributed by atoms with Crippen LogP contribution in [0.2, 0.25) is 0 Å². The van der Waals surface area contributed by atoms with E-state index in [4.69, 9.17) is 8.94 Å². The Labute approximate surface area is 187 Å². The van der Waals surface area contributed by atoms with Crippen LogP contribution >= 0.6 is 11.8 Å². The van der Waals surface area contributed by atoms with E-state index < -0.39 is 0 Å². The van der Waals surface area contributed by atoms with Gasteiger partial charge in [-0.3, -0.25) is 4.79 Å². The van der Waals surface area contributed by atoms with Crippen LogP contribution < -0.4 is 5.32 Å². The third-order valence-corrected chi connectivity index (χ3v) is 5.38. The second kappa shape index (κ2) is 9.73. The van der Waals surface area contributed by atoms with Crippen molar-refractivity contribution in [2.75, 3.05) is 5.32 Å². The van der Waals surface area contributed by atoms with Crippen LogP contribution in [0.15, 0.2) is 56.6 Å². The number of carbonyl (C=O) groups is 1. The molecule has 0 aliphatic rings. The molecule has 0 fully saturated rings. The van der Waals surface area contributed by atoms with Crippen molar-refractivity contribution in [3.63, 3.8) is 0 Å². The SMILES string of the molecule is Cc1ccc(-c2nnc(SCc3noc(CCC(=O)Nc4ccc(F)cc4C)n3)o2)cc1. The average Bonchev–Trinajstić information content (AvgIpc) is 3.43. The van der Waals surface area contributed by atoms with Crippen molar-refractivity contribution in [1.29, 1.82) is 0 Å². The van der Waals surface area contributed by atoms with E-state index in [2.05, 4.69) is 25.7 Å². The maximum Gasteiger partial charge on any atom is 0.277 e. The Kier molecular flexibility index (Phi) is 6.60. The molecule has 2 aromatic heterocycles. The van der Waals surface area contributed by atoms with E-state index in [-0.39, 0.29) is 18.1 Å². The van der Waals surface area contributed by atoms with Gasteiger partial charge in [-0.2, -0.15) is 4.98 Å². The maximum absolute atomic E-state index is 13.2. The second-order valence-electron chi connectivity index (χ2n) is 7.14. The highest BCUT2D eigenvalue weighted by Gasteiger charge is 2.13. The molecule has 1 amide bonds. The molecular formula is C22H20FN5O3S. The maximum atomic E-state index is 13.2. The lowest BCUT2D eigenvalue weighted by molar-refractivity contribution is -0.116. The number of aryl methyl sites for hydroxylation is 3. The highest BCUT2D eigenvalue weighted by molar-refractivity contribution is 7.98. The van der Waals surface area contributed by atoms with Gasteiger partial charge in [0.2, 0.25) is 17.7 Å². The summed E-state index contributed by atoms with van der Waals surface area (Å²) in [7, 11) is 0. The van der Waals surface area contributed by atoms with Gasteiger partial charge in [0, 0.05) is 24.1 Å². The van der Waals surface area contributed by atoms with E-state index in [9.17, 15) is 9.18 Å². The number of hydrogen-bond acceptors (Lipinski definition) is 8. The molecule has 8 nitrogen and oxygen atoms in total. The van der Waals surface area contributed by atoms with E-state index in [1.807, 2.05) is 31.2 Å². The minimum atomic E-state index is -0.344. The van der Waals surface area contributed by atoms with Gasteiger partial charge >= 0.3 is 0 Å². The zero-order valence-electron chi connectivity index (χ0n) is 17.5. The summed E-state index contributed by atoms with van der Waals surface area (Å²) < 4.78 is 24.0. The Morgan fingerprint density at radius 3 is 2.72 bits per heavy atom. The van der Waals surface area contributed by atoms with E-state index in [1.165, 1.54) is 30.0 Å². The van der Waals surface area contributed by atoms with Crippen molar-refractivity contribution in [2.24, 2.45) is 0 Å². The molecule has 1 N–H and O–H groups in total. The highest BCUT2D eigenvalue weighted by Crippen LogP contribution is 2.25. The number of rotatable bonds is 8. The standard InChI is InChI=1S/C22H20FN5O3S/c1-13-3-5-15(6-4-13)21-26-27-22(30-21)32-12-18-25-20(31-28-18)10-9-19(29)24-17-8-7-16(23)11-14(17)2/h3-8,11H,9-10,12H2,1-2H3,(H,24,29). The predicted molar refractivity (Wildman–Crippen MR) is 116 cm³/mol. The molecule has 0 radical (unpaired) electrons. The molecule has 10 heteroatoms. The normalized spacial score (nSPS) is 11.0. The summed E-state index contributed by atoms with van der Waals surface area (Å²) in [4.78, 5) is 16.4. The molecule has 0 bridgehead atoms. The van der Waals surface area contributed by atoms with Crippen molar-refractivity contribution >= 4 is 23.4 Å². The van der Waals surface area contributed by atoms with Crippen LogP contribution in [0.4, 0.5) is 10.1 Å². The minimum Gasteiger partial charge on any atom is -0.411 e. The molecule has 0 atom stereocenters. The van der Waals surface area contributed by atoms with Gasteiger partial charge in [-0.25, -0.2) is 4.39 Å². The third-order valence-electron chi connectivity index (χ3n) is 4.57. The summed E-state index contributed by atoms with van der Waals surface area (Å²) in [6.07, 6.45) is 0.455. The van der Waals surface area contributed by atoms with Gasteiger partial charge < -0.3 is 14.3 Å². The Bertz CT molecular complexity index is 1220. The molecule has 164 valence electrons. The number of nitrogens with one attached hydrogen (secondary N) is 1. The molecule has 0 saturated heterocycles. The first-order valence-corrected chi connectivity index (χ1v) is 10.9. The van der Waals surface area contributed by atoms with Crippen molar-refractivity contribution in [2.45, 2.75) is 37.7 Å². The molecule has 0 saturated carbocycles. The summed E-state index contributed by atoms with van der Waals surface area (Å²) in [6, 6.07) is 12.0. The van der Waals surface area contributed by atoms with Gasteiger partial charge in [-0.15, -0.1) is 10.2 Å². The quantitative estimate of drug-likeness (QED) is 0.381. The van der Waals surface area contributed by atoms with Crippen molar-refractivity contribution in [3.05, 3.63) is 71.1 Å². The molecule has 2 aromatic carbocycles. The number of aromatic nitrogens is 4. The van der Waals surface area contributed by atoms with Gasteiger partial charge in [-0.05, 0) is 49.7 Å². The van der Waals surface area contributed by atoms with Gasteiger partial charge in [0.1, 0.15) is 5.82 Å². The van der Waals surface area contributed by atoms with E-state index in [0.717, 1.165) is 11.1 Å². The van der Waals surface area contributed by atoms with Crippen molar-refractivity contribution < 1.29 is 18.1 Å². The smallest absolute Gasteiger partial charge is 0.277 e. The van der Waals surface area contributed by atoms with Crippen molar-refractivity contribution in [3.8, 4) is 11.5 Å². The topological polar surface area (TPSA) is 107 Å². The molecule has 32 heavy (non-hydrogen) atoms. The fourth-order valence-electron chi connectivity index (χ4n) is 2.86. The largest absolute Gasteiger partial charge is 0.411 e. The molecule has 0 aliphatic heterocycles. The van der Waals surface area contributed by atoms with Gasteiger partial charge in [0.05, 0.1) is 5.75 Å². The number of benzene rings is 2. The average molecular weight is 453 g/mol. The molecule has 2 heterocycles. The lowest BCUT2D eigenvalue weighted by Gasteiger charge is -2.07. The van der Waals surface area contributed by atoms with E-state index in [1.54, 1.807) is 6.92 Å². The summed E-state index contributed by atoms with van der Waals surface area (Å²) in [5.41, 5.74) is 3.23. The van der Waals surface area contributed by atoms with Crippen LogP contribution in [-0.4, -0.2) is 26.2 Å². The Morgan fingerprint density at radius 2 is 1.94 bits per heavy atom. The molecule has 4 aromatic rings. The Balaban J connectivity index is 1.26. The summed E-state index contributed by atoms with van der Waals surface area (Å²) in [6.45, 7) is 3.74. The first-order chi connectivity index (χ1) is 15.5. The van der Waals surface area contributed by atoms with Crippen LogP contribution in [0.1, 0.15) is 29.3 Å². The summed E-state index contributed by atoms with van der Waals surface area (Å²) in [5, 5.41) is 15.2. The number of amides is 1. The third kappa shape index (κ3) is 5.58. The summed E-state index contributed by atoms with van der Waals surface area (Å²) >= 11 is 1.30. The predicted octanol–water partition coefficient (Wildman–Crippen LogP) is 4.74. The van der Waals surface area contributed by atoms with Crippen LogP contribution in [0.3, 0.4) is 0 Å². The highest BCUT2D eigenvalue weighted by atomic mass is 32.2. The van der Waals surface area contributed by atoms with E-state index >= 15 is 0 Å². The fourth-order valence-corrected chi connectivity index (χ4v) is 3.46. The first-order valence-electron chi connectivity index (χ1n) is 9.87. The second-order valence-corrected chi connectivity index (χ2v) is 8.07. The number of hydrogen-bond donors (Lipinski definition) is 1. The number of halogens is 1. The number of anilines is 1. The zero-order chi connectivity index (χ0) is 22.5. The van der Waals surface area contributed by atoms with Gasteiger partial charge in [-0.1, -0.05) is 34.6 Å². The molecular weight excluding hydrogens is 433 g/mol. The zero-order valence-corrected chi connectivity index (χ0v) is 18.3. The van der Waals surface area contributed by atoms with Gasteiger partial charge in [0.25, 0.3) is 5.22 Å². The molecule has 4 rings (SSSR count). The number of carbonyl (C=O) groups excluding carboxylic acids is 1. The van der Waals surface area contributed by atoms with Crippen LogP contribution in [0.25, 0.3) is 11.5 Å². The molecule has 0 aliphatic carbocycles. The number of nitrogens with zero attached hydrogens (tertiary/aromatic N) is 4. The lowest BCUT2D eigenvalue weighted by atomic mass is 10.1. The van der Waals surface area contributed by atoms with Crippen LogP contribution in [0.5, 0.6) is 0 Å².